The lowest BCUT2D eigenvalue weighted by Gasteiger charge is -2.26. The Bertz CT molecular complexity index is 400. The predicted octanol–water partition coefficient (Wildman–Crippen LogP) is 2.09. The SMILES string of the molecule is CCC(N)(c1ccccn1)c1ccccn1. The van der Waals surface area contributed by atoms with Gasteiger partial charge in [-0.25, -0.2) is 0 Å². The number of nitrogens with two attached hydrogens (primary N) is 1. The van der Waals surface area contributed by atoms with Crippen LogP contribution in [0.2, 0.25) is 0 Å². The Hall–Kier alpha value is -1.74. The van der Waals surface area contributed by atoms with Crippen molar-refractivity contribution in [2.75, 3.05) is 0 Å². The van der Waals surface area contributed by atoms with Gasteiger partial charge in [-0.1, -0.05) is 19.1 Å². The van der Waals surface area contributed by atoms with Gasteiger partial charge in [-0.3, -0.25) is 9.97 Å². The molecule has 16 heavy (non-hydrogen) atoms. The van der Waals surface area contributed by atoms with Crippen LogP contribution in [0.3, 0.4) is 0 Å². The first kappa shape index (κ1) is 10.8. The fourth-order valence-corrected chi connectivity index (χ4v) is 1.75. The summed E-state index contributed by atoms with van der Waals surface area (Å²) in [5.41, 5.74) is 7.54. The number of rotatable bonds is 3. The lowest BCUT2D eigenvalue weighted by molar-refractivity contribution is 0.488. The third kappa shape index (κ3) is 1.82. The van der Waals surface area contributed by atoms with E-state index in [1.54, 1.807) is 12.4 Å². The van der Waals surface area contributed by atoms with E-state index in [2.05, 4.69) is 9.97 Å². The molecule has 2 aromatic rings. The molecule has 0 saturated heterocycles. The molecule has 0 aromatic carbocycles. The highest BCUT2D eigenvalue weighted by Crippen LogP contribution is 2.26. The Kier molecular flexibility index (Phi) is 2.97. The second-order valence-electron chi connectivity index (χ2n) is 3.75. The molecule has 0 fully saturated rings. The van der Waals surface area contributed by atoms with E-state index >= 15 is 0 Å². The molecule has 0 amide bonds. The predicted molar refractivity (Wildman–Crippen MR) is 63.7 cm³/mol. The van der Waals surface area contributed by atoms with Crippen molar-refractivity contribution in [3.05, 3.63) is 60.2 Å². The third-order valence-electron chi connectivity index (χ3n) is 2.80. The Morgan fingerprint density at radius 1 is 1.00 bits per heavy atom. The van der Waals surface area contributed by atoms with Gasteiger partial charge in [-0.2, -0.15) is 0 Å². The number of nitrogens with zero attached hydrogens (tertiary/aromatic N) is 2. The zero-order chi connectivity index (χ0) is 11.4. The van der Waals surface area contributed by atoms with E-state index in [-0.39, 0.29) is 0 Å². The zero-order valence-corrected chi connectivity index (χ0v) is 9.30. The molecule has 0 unspecified atom stereocenters. The molecule has 2 rings (SSSR count). The second kappa shape index (κ2) is 4.41. The van der Waals surface area contributed by atoms with Crippen molar-refractivity contribution in [1.82, 2.24) is 9.97 Å². The molecule has 2 aromatic heterocycles. The minimum atomic E-state index is -0.595. The van der Waals surface area contributed by atoms with Gasteiger partial charge in [0.2, 0.25) is 0 Å². The van der Waals surface area contributed by atoms with Crippen molar-refractivity contribution < 1.29 is 0 Å². The average molecular weight is 213 g/mol. The molecule has 0 saturated carbocycles. The highest BCUT2D eigenvalue weighted by atomic mass is 14.9. The highest BCUT2D eigenvalue weighted by molar-refractivity contribution is 5.28. The van der Waals surface area contributed by atoms with Gasteiger partial charge in [0.25, 0.3) is 0 Å². The first-order valence-corrected chi connectivity index (χ1v) is 5.39. The molecular formula is C13H15N3. The Labute approximate surface area is 95.4 Å². The van der Waals surface area contributed by atoms with Gasteiger partial charge in [0.15, 0.2) is 0 Å². The maximum Gasteiger partial charge on any atom is 0.101 e. The van der Waals surface area contributed by atoms with Crippen LogP contribution in [0.4, 0.5) is 0 Å². The van der Waals surface area contributed by atoms with E-state index in [1.165, 1.54) is 0 Å². The summed E-state index contributed by atoms with van der Waals surface area (Å²) in [7, 11) is 0. The van der Waals surface area contributed by atoms with Crippen LogP contribution in [0.1, 0.15) is 24.7 Å². The smallest absolute Gasteiger partial charge is 0.101 e. The summed E-state index contributed by atoms with van der Waals surface area (Å²) in [5, 5.41) is 0. The van der Waals surface area contributed by atoms with Crippen LogP contribution in [0.25, 0.3) is 0 Å². The van der Waals surface area contributed by atoms with Gasteiger partial charge in [-0.15, -0.1) is 0 Å². The molecule has 0 aliphatic rings. The Morgan fingerprint density at radius 3 is 1.81 bits per heavy atom. The first-order chi connectivity index (χ1) is 7.77. The molecule has 0 radical (unpaired) electrons. The molecule has 0 aliphatic carbocycles. The van der Waals surface area contributed by atoms with Gasteiger partial charge in [0.1, 0.15) is 5.54 Å². The summed E-state index contributed by atoms with van der Waals surface area (Å²) in [4.78, 5) is 8.67. The van der Waals surface area contributed by atoms with Gasteiger partial charge in [0.05, 0.1) is 11.4 Å². The summed E-state index contributed by atoms with van der Waals surface area (Å²) in [6.07, 6.45) is 4.28. The summed E-state index contributed by atoms with van der Waals surface area (Å²) >= 11 is 0. The van der Waals surface area contributed by atoms with Crippen molar-refractivity contribution in [3.63, 3.8) is 0 Å². The lowest BCUT2D eigenvalue weighted by atomic mass is 9.88. The van der Waals surface area contributed by atoms with E-state index in [0.717, 1.165) is 17.8 Å². The molecule has 2 N–H and O–H groups in total. The maximum atomic E-state index is 6.41. The van der Waals surface area contributed by atoms with E-state index in [4.69, 9.17) is 5.73 Å². The number of hydrogen-bond donors (Lipinski definition) is 1. The van der Waals surface area contributed by atoms with Gasteiger partial charge >= 0.3 is 0 Å². The van der Waals surface area contributed by atoms with Crippen LogP contribution < -0.4 is 5.73 Å². The summed E-state index contributed by atoms with van der Waals surface area (Å²) in [5.74, 6) is 0. The summed E-state index contributed by atoms with van der Waals surface area (Å²) in [6.45, 7) is 2.04. The molecule has 3 heteroatoms. The topological polar surface area (TPSA) is 51.8 Å². The van der Waals surface area contributed by atoms with Gasteiger partial charge < -0.3 is 5.73 Å². The van der Waals surface area contributed by atoms with Gasteiger partial charge in [-0.05, 0) is 30.7 Å². The van der Waals surface area contributed by atoms with E-state index in [9.17, 15) is 0 Å². The van der Waals surface area contributed by atoms with Crippen molar-refractivity contribution >= 4 is 0 Å². The van der Waals surface area contributed by atoms with Crippen LogP contribution in [-0.2, 0) is 5.54 Å². The van der Waals surface area contributed by atoms with Crippen LogP contribution >= 0.6 is 0 Å². The molecule has 0 aliphatic heterocycles. The first-order valence-electron chi connectivity index (χ1n) is 5.39. The maximum absolute atomic E-state index is 6.41. The standard InChI is InChI=1S/C13H15N3/c1-2-13(14,11-7-3-5-9-15-11)12-8-4-6-10-16-12/h3-10H,2,14H2,1H3. The normalized spacial score (nSPS) is 11.4. The number of hydrogen-bond acceptors (Lipinski definition) is 3. The molecule has 82 valence electrons. The quantitative estimate of drug-likeness (QED) is 0.849. The zero-order valence-electron chi connectivity index (χ0n) is 9.30. The molecule has 0 atom stereocenters. The number of aromatic nitrogens is 2. The monoisotopic (exact) mass is 213 g/mol. The fraction of sp³-hybridized carbons (Fsp3) is 0.231. The lowest BCUT2D eigenvalue weighted by Crippen LogP contribution is -2.38. The largest absolute Gasteiger partial charge is 0.315 e. The van der Waals surface area contributed by atoms with E-state index < -0.39 is 5.54 Å². The van der Waals surface area contributed by atoms with Gasteiger partial charge in [0, 0.05) is 12.4 Å². The molecule has 2 heterocycles. The Balaban J connectivity index is 2.49. The van der Waals surface area contributed by atoms with Crippen LogP contribution in [0.5, 0.6) is 0 Å². The van der Waals surface area contributed by atoms with E-state index in [0.29, 0.717) is 0 Å². The highest BCUT2D eigenvalue weighted by Gasteiger charge is 2.29. The van der Waals surface area contributed by atoms with Crippen LogP contribution in [0.15, 0.2) is 48.8 Å². The minimum absolute atomic E-state index is 0.595. The van der Waals surface area contributed by atoms with Crippen molar-refractivity contribution in [1.29, 1.82) is 0 Å². The van der Waals surface area contributed by atoms with Crippen molar-refractivity contribution in [2.45, 2.75) is 18.9 Å². The van der Waals surface area contributed by atoms with Crippen LogP contribution in [0, 0.1) is 0 Å². The molecule has 3 nitrogen and oxygen atoms in total. The number of pyridine rings is 2. The third-order valence-corrected chi connectivity index (χ3v) is 2.80. The van der Waals surface area contributed by atoms with Crippen molar-refractivity contribution in [2.24, 2.45) is 5.73 Å². The molecular weight excluding hydrogens is 198 g/mol. The second-order valence-corrected chi connectivity index (χ2v) is 3.75. The average Bonchev–Trinajstić information content (AvgIpc) is 2.40. The summed E-state index contributed by atoms with van der Waals surface area (Å²) < 4.78 is 0. The minimum Gasteiger partial charge on any atom is -0.315 e. The molecule has 0 spiro atoms. The van der Waals surface area contributed by atoms with E-state index in [1.807, 2.05) is 43.3 Å². The summed E-state index contributed by atoms with van der Waals surface area (Å²) in [6, 6.07) is 11.6. The Morgan fingerprint density at radius 2 is 1.50 bits per heavy atom. The van der Waals surface area contributed by atoms with Crippen molar-refractivity contribution in [3.8, 4) is 0 Å². The molecule has 0 bridgehead atoms. The van der Waals surface area contributed by atoms with Crippen LogP contribution in [-0.4, -0.2) is 9.97 Å². The fourth-order valence-electron chi connectivity index (χ4n) is 1.75.